The van der Waals surface area contributed by atoms with Crippen LogP contribution in [0.1, 0.15) is 52.0 Å². The van der Waals surface area contributed by atoms with Crippen LogP contribution in [0.15, 0.2) is 12.4 Å². The van der Waals surface area contributed by atoms with Gasteiger partial charge < -0.3 is 5.32 Å². The molecule has 16 heavy (non-hydrogen) atoms. The Bertz CT molecular complexity index is 348. The van der Waals surface area contributed by atoms with E-state index in [1.807, 2.05) is 6.20 Å². The lowest BCUT2D eigenvalue weighted by atomic mass is 9.89. The Morgan fingerprint density at radius 3 is 2.75 bits per heavy atom. The Labute approximate surface area is 98.2 Å². The van der Waals surface area contributed by atoms with Crippen LogP contribution in [0.5, 0.6) is 0 Å². The van der Waals surface area contributed by atoms with Crippen LogP contribution >= 0.6 is 0 Å². The van der Waals surface area contributed by atoms with Crippen molar-refractivity contribution in [1.82, 2.24) is 15.1 Å². The van der Waals surface area contributed by atoms with Crippen LogP contribution in [0.2, 0.25) is 0 Å². The molecule has 1 aromatic rings. The Kier molecular flexibility index (Phi) is 3.06. The molecular weight excluding hydrogens is 198 g/mol. The van der Waals surface area contributed by atoms with Crippen molar-refractivity contribution in [3.05, 3.63) is 18.0 Å². The van der Waals surface area contributed by atoms with Gasteiger partial charge in [0.25, 0.3) is 0 Å². The molecule has 90 valence electrons. The van der Waals surface area contributed by atoms with Crippen molar-refractivity contribution in [2.75, 3.05) is 6.54 Å². The minimum atomic E-state index is 0.0940. The summed E-state index contributed by atoms with van der Waals surface area (Å²) in [6, 6.07) is 0.636. The maximum Gasteiger partial charge on any atom is 0.0543 e. The molecular formula is C13H23N3. The average Bonchev–Trinajstić information content (AvgIpc) is 2.65. The second-order valence-electron chi connectivity index (χ2n) is 5.97. The molecule has 0 radical (unpaired) electrons. The molecule has 0 aliphatic carbocycles. The second kappa shape index (κ2) is 4.21. The molecule has 0 saturated carbocycles. The highest BCUT2D eigenvalue weighted by Crippen LogP contribution is 2.28. The van der Waals surface area contributed by atoms with Crippen LogP contribution in [-0.2, 0) is 5.54 Å². The van der Waals surface area contributed by atoms with Crippen molar-refractivity contribution < 1.29 is 0 Å². The van der Waals surface area contributed by atoms with E-state index >= 15 is 0 Å². The number of hydrogen-bond donors (Lipinski definition) is 1. The van der Waals surface area contributed by atoms with Crippen LogP contribution in [0.4, 0.5) is 0 Å². The maximum absolute atomic E-state index is 4.48. The molecule has 3 nitrogen and oxygen atoms in total. The summed E-state index contributed by atoms with van der Waals surface area (Å²) in [7, 11) is 0. The summed E-state index contributed by atoms with van der Waals surface area (Å²) in [5.74, 6) is 0.687. The van der Waals surface area contributed by atoms with E-state index in [4.69, 9.17) is 0 Å². The third kappa shape index (κ3) is 2.46. The van der Waals surface area contributed by atoms with E-state index in [2.05, 4.69) is 49.0 Å². The molecule has 1 aromatic heterocycles. The highest BCUT2D eigenvalue weighted by atomic mass is 15.3. The topological polar surface area (TPSA) is 29.9 Å². The van der Waals surface area contributed by atoms with Gasteiger partial charge in [0.05, 0.1) is 11.7 Å². The van der Waals surface area contributed by atoms with Crippen molar-refractivity contribution >= 4 is 0 Å². The van der Waals surface area contributed by atoms with Crippen molar-refractivity contribution in [3.8, 4) is 0 Å². The third-order valence-electron chi connectivity index (χ3n) is 3.38. The van der Waals surface area contributed by atoms with E-state index in [-0.39, 0.29) is 5.54 Å². The molecule has 1 saturated heterocycles. The molecule has 1 N–H and O–H groups in total. The number of aromatic nitrogens is 2. The van der Waals surface area contributed by atoms with Gasteiger partial charge in [-0.2, -0.15) is 5.10 Å². The molecule has 0 spiro atoms. The van der Waals surface area contributed by atoms with Gasteiger partial charge in [-0.15, -0.1) is 0 Å². The lowest BCUT2D eigenvalue weighted by Gasteiger charge is -2.27. The van der Waals surface area contributed by atoms with Gasteiger partial charge in [0.1, 0.15) is 0 Å². The van der Waals surface area contributed by atoms with E-state index in [0.717, 1.165) is 6.54 Å². The summed E-state index contributed by atoms with van der Waals surface area (Å²) < 4.78 is 2.08. The predicted octanol–water partition coefficient (Wildman–Crippen LogP) is 2.49. The van der Waals surface area contributed by atoms with Crippen LogP contribution < -0.4 is 5.32 Å². The minimum absolute atomic E-state index is 0.0940. The molecule has 2 heterocycles. The fourth-order valence-corrected chi connectivity index (χ4v) is 2.35. The van der Waals surface area contributed by atoms with Crippen molar-refractivity contribution in [2.24, 2.45) is 0 Å². The van der Waals surface area contributed by atoms with E-state index in [9.17, 15) is 0 Å². The molecule has 0 aromatic carbocycles. The fourth-order valence-electron chi connectivity index (χ4n) is 2.35. The predicted molar refractivity (Wildman–Crippen MR) is 66.7 cm³/mol. The number of rotatable bonds is 1. The van der Waals surface area contributed by atoms with Gasteiger partial charge >= 0.3 is 0 Å². The lowest BCUT2D eigenvalue weighted by molar-refractivity contribution is 0.353. The zero-order valence-electron chi connectivity index (χ0n) is 10.8. The van der Waals surface area contributed by atoms with Gasteiger partial charge in [0, 0.05) is 12.2 Å². The van der Waals surface area contributed by atoms with E-state index in [1.165, 1.54) is 18.4 Å². The Balaban J connectivity index is 2.12. The molecule has 1 aliphatic heterocycles. The summed E-state index contributed by atoms with van der Waals surface area (Å²) >= 11 is 0. The van der Waals surface area contributed by atoms with Crippen LogP contribution in [-0.4, -0.2) is 22.4 Å². The van der Waals surface area contributed by atoms with Gasteiger partial charge in [-0.05, 0) is 58.6 Å². The first-order valence-corrected chi connectivity index (χ1v) is 6.25. The molecule has 2 atom stereocenters. The quantitative estimate of drug-likeness (QED) is 0.789. The highest BCUT2D eigenvalue weighted by molar-refractivity contribution is 5.13. The largest absolute Gasteiger partial charge is 0.314 e. The SMILES string of the molecule is CC1CC(c2cnn(C(C)(C)C)c2)CCN1. The van der Waals surface area contributed by atoms with Gasteiger partial charge in [0.2, 0.25) is 0 Å². The summed E-state index contributed by atoms with van der Waals surface area (Å²) in [5, 5.41) is 7.98. The van der Waals surface area contributed by atoms with Crippen molar-refractivity contribution in [1.29, 1.82) is 0 Å². The number of nitrogens with zero attached hydrogens (tertiary/aromatic N) is 2. The zero-order valence-corrected chi connectivity index (χ0v) is 10.8. The molecule has 2 unspecified atom stereocenters. The third-order valence-corrected chi connectivity index (χ3v) is 3.38. The molecule has 0 bridgehead atoms. The van der Waals surface area contributed by atoms with Gasteiger partial charge in [-0.25, -0.2) is 0 Å². The van der Waals surface area contributed by atoms with Crippen molar-refractivity contribution in [2.45, 2.75) is 58.0 Å². The van der Waals surface area contributed by atoms with Gasteiger partial charge in [-0.3, -0.25) is 4.68 Å². The fraction of sp³-hybridized carbons (Fsp3) is 0.769. The Morgan fingerprint density at radius 2 is 2.19 bits per heavy atom. The summed E-state index contributed by atoms with van der Waals surface area (Å²) in [6.07, 6.45) is 6.74. The van der Waals surface area contributed by atoms with Gasteiger partial charge in [0.15, 0.2) is 0 Å². The minimum Gasteiger partial charge on any atom is -0.314 e. The monoisotopic (exact) mass is 221 g/mol. The second-order valence-corrected chi connectivity index (χ2v) is 5.97. The first kappa shape index (κ1) is 11.6. The summed E-state index contributed by atoms with van der Waals surface area (Å²) in [4.78, 5) is 0. The standard InChI is InChI=1S/C13H23N3/c1-10-7-11(5-6-14-10)12-8-15-16(9-12)13(2,3)4/h8-11,14H,5-7H2,1-4H3. The average molecular weight is 221 g/mol. The first-order valence-electron chi connectivity index (χ1n) is 6.25. The van der Waals surface area contributed by atoms with Crippen LogP contribution in [0.25, 0.3) is 0 Å². The molecule has 1 aliphatic rings. The van der Waals surface area contributed by atoms with Gasteiger partial charge in [-0.1, -0.05) is 0 Å². The Hall–Kier alpha value is -0.830. The smallest absolute Gasteiger partial charge is 0.0543 e. The van der Waals surface area contributed by atoms with Crippen molar-refractivity contribution in [3.63, 3.8) is 0 Å². The zero-order chi connectivity index (χ0) is 11.8. The maximum atomic E-state index is 4.48. The van der Waals surface area contributed by atoms with Crippen LogP contribution in [0.3, 0.4) is 0 Å². The van der Waals surface area contributed by atoms with E-state index < -0.39 is 0 Å². The molecule has 1 fully saturated rings. The highest BCUT2D eigenvalue weighted by Gasteiger charge is 2.22. The number of piperidine rings is 1. The normalized spacial score (nSPS) is 27.0. The lowest BCUT2D eigenvalue weighted by Crippen LogP contribution is -2.34. The molecule has 0 amide bonds. The molecule has 2 rings (SSSR count). The van der Waals surface area contributed by atoms with Crippen LogP contribution in [0, 0.1) is 0 Å². The summed E-state index contributed by atoms with van der Waals surface area (Å²) in [6.45, 7) is 9.96. The van der Waals surface area contributed by atoms with E-state index in [0.29, 0.717) is 12.0 Å². The molecule has 3 heteroatoms. The van der Waals surface area contributed by atoms with E-state index in [1.54, 1.807) is 0 Å². The summed E-state index contributed by atoms with van der Waals surface area (Å²) in [5.41, 5.74) is 1.50. The number of nitrogens with one attached hydrogen (secondary N) is 1. The first-order chi connectivity index (χ1) is 7.47. The number of hydrogen-bond acceptors (Lipinski definition) is 2. The Morgan fingerprint density at radius 1 is 1.44 bits per heavy atom.